The number of rotatable bonds is 6. The summed E-state index contributed by atoms with van der Waals surface area (Å²) in [4.78, 5) is 24.3. The molecule has 2 heterocycles. The first-order chi connectivity index (χ1) is 16.2. The highest BCUT2D eigenvalue weighted by molar-refractivity contribution is 7.22. The Labute approximate surface area is 195 Å². The fraction of sp³-hybridized carbons (Fsp3) is 0.0741. The van der Waals surface area contributed by atoms with Crippen LogP contribution in [0.15, 0.2) is 97.3 Å². The summed E-state index contributed by atoms with van der Waals surface area (Å²) >= 11 is 1.47. The van der Waals surface area contributed by atoms with Gasteiger partial charge in [-0.3, -0.25) is 14.7 Å². The van der Waals surface area contributed by atoms with Crippen LogP contribution in [0.4, 0.5) is 5.13 Å². The molecule has 0 aliphatic rings. The lowest BCUT2D eigenvalue weighted by Crippen LogP contribution is -2.30. The molecule has 0 N–H and O–H groups in total. The van der Waals surface area contributed by atoms with E-state index < -0.39 is 0 Å². The van der Waals surface area contributed by atoms with Crippen LogP contribution in [0.5, 0.6) is 5.75 Å². The number of ether oxygens (including phenoxy) is 1. The van der Waals surface area contributed by atoms with Gasteiger partial charge in [0, 0.05) is 18.0 Å². The molecule has 0 fully saturated rings. The summed E-state index contributed by atoms with van der Waals surface area (Å²) in [5.41, 5.74) is 4.56. The Morgan fingerprint density at radius 3 is 2.45 bits per heavy atom. The molecule has 0 aliphatic carbocycles. The van der Waals surface area contributed by atoms with E-state index in [1.165, 1.54) is 11.3 Å². The molecule has 5 rings (SSSR count). The summed E-state index contributed by atoms with van der Waals surface area (Å²) in [7, 11) is 1.64. The Bertz CT molecular complexity index is 1380. The lowest BCUT2D eigenvalue weighted by Gasteiger charge is -2.20. The second-order valence-corrected chi connectivity index (χ2v) is 8.54. The summed E-state index contributed by atoms with van der Waals surface area (Å²) in [5, 5.41) is 0.638. The van der Waals surface area contributed by atoms with E-state index in [0.29, 0.717) is 17.2 Å². The van der Waals surface area contributed by atoms with Crippen LogP contribution < -0.4 is 9.64 Å². The highest BCUT2D eigenvalue weighted by Gasteiger charge is 2.22. The molecule has 0 radical (unpaired) electrons. The molecule has 33 heavy (non-hydrogen) atoms. The van der Waals surface area contributed by atoms with Gasteiger partial charge in [0.15, 0.2) is 5.13 Å². The second kappa shape index (κ2) is 9.22. The van der Waals surface area contributed by atoms with Crippen molar-refractivity contribution >= 4 is 32.6 Å². The number of methoxy groups -OCH3 is 1. The first-order valence-electron chi connectivity index (χ1n) is 10.5. The number of amides is 1. The molecule has 0 bridgehead atoms. The van der Waals surface area contributed by atoms with Gasteiger partial charge < -0.3 is 4.74 Å². The molecule has 0 saturated heterocycles. The molecule has 5 aromatic rings. The number of anilines is 1. The van der Waals surface area contributed by atoms with E-state index in [1.807, 2.05) is 72.8 Å². The molecular formula is C27H21N3O2S. The Balaban J connectivity index is 1.50. The van der Waals surface area contributed by atoms with Gasteiger partial charge in [-0.1, -0.05) is 59.9 Å². The predicted octanol–water partition coefficient (Wildman–Crippen LogP) is 6.21. The van der Waals surface area contributed by atoms with Gasteiger partial charge in [-0.15, -0.1) is 0 Å². The third-order valence-electron chi connectivity index (χ3n) is 5.36. The third kappa shape index (κ3) is 4.47. The maximum Gasteiger partial charge on any atom is 0.260 e. The van der Waals surface area contributed by atoms with Crippen molar-refractivity contribution in [2.24, 2.45) is 0 Å². The van der Waals surface area contributed by atoms with Gasteiger partial charge in [0.1, 0.15) is 5.75 Å². The first-order valence-corrected chi connectivity index (χ1v) is 11.3. The number of hydrogen-bond donors (Lipinski definition) is 0. The summed E-state index contributed by atoms with van der Waals surface area (Å²) in [5.74, 6) is 0.656. The summed E-state index contributed by atoms with van der Waals surface area (Å²) < 4.78 is 6.31. The van der Waals surface area contributed by atoms with Crippen molar-refractivity contribution in [1.29, 1.82) is 0 Å². The molecule has 0 aliphatic heterocycles. The second-order valence-electron chi connectivity index (χ2n) is 7.53. The molecule has 0 spiro atoms. The van der Waals surface area contributed by atoms with Crippen molar-refractivity contribution in [2.45, 2.75) is 6.54 Å². The average Bonchev–Trinajstić information content (AvgIpc) is 3.31. The number of carbonyl (C=O) groups is 1. The molecule has 0 saturated carbocycles. The molecule has 1 amide bonds. The lowest BCUT2D eigenvalue weighted by molar-refractivity contribution is 0.0985. The molecule has 2 aromatic heterocycles. The largest absolute Gasteiger partial charge is 0.497 e. The molecule has 3 aromatic carbocycles. The molecule has 0 unspecified atom stereocenters. The van der Waals surface area contributed by atoms with E-state index in [9.17, 15) is 4.79 Å². The van der Waals surface area contributed by atoms with Crippen LogP contribution in [0.1, 0.15) is 15.9 Å². The Hall–Kier alpha value is -4.03. The Kier molecular flexibility index (Phi) is 5.83. The Morgan fingerprint density at radius 2 is 1.73 bits per heavy atom. The van der Waals surface area contributed by atoms with Gasteiger partial charge in [-0.25, -0.2) is 4.98 Å². The zero-order valence-corrected chi connectivity index (χ0v) is 18.8. The van der Waals surface area contributed by atoms with Crippen molar-refractivity contribution in [3.63, 3.8) is 0 Å². The van der Waals surface area contributed by atoms with Gasteiger partial charge in [0.05, 0.1) is 23.9 Å². The molecule has 6 heteroatoms. The maximum absolute atomic E-state index is 13.6. The molecular weight excluding hydrogens is 430 g/mol. The number of hydrogen-bond acceptors (Lipinski definition) is 5. The summed E-state index contributed by atoms with van der Waals surface area (Å²) in [6, 6.07) is 27.4. The van der Waals surface area contributed by atoms with Crippen LogP contribution in [0.25, 0.3) is 21.3 Å². The number of thiazole rings is 1. The third-order valence-corrected chi connectivity index (χ3v) is 6.40. The summed E-state index contributed by atoms with van der Waals surface area (Å²) in [6.45, 7) is 0.379. The Morgan fingerprint density at radius 1 is 0.939 bits per heavy atom. The van der Waals surface area contributed by atoms with Gasteiger partial charge in [0.2, 0.25) is 0 Å². The van der Waals surface area contributed by atoms with E-state index in [0.717, 1.165) is 32.7 Å². The zero-order chi connectivity index (χ0) is 22.6. The number of aromatic nitrogens is 2. The van der Waals surface area contributed by atoms with Crippen molar-refractivity contribution in [1.82, 2.24) is 9.97 Å². The van der Waals surface area contributed by atoms with Crippen molar-refractivity contribution in [3.05, 3.63) is 108 Å². The topological polar surface area (TPSA) is 55.3 Å². The van der Waals surface area contributed by atoms with Crippen LogP contribution >= 0.6 is 11.3 Å². The highest BCUT2D eigenvalue weighted by atomic mass is 32.1. The van der Waals surface area contributed by atoms with E-state index >= 15 is 0 Å². The monoisotopic (exact) mass is 451 g/mol. The average molecular weight is 452 g/mol. The van der Waals surface area contributed by atoms with Crippen molar-refractivity contribution < 1.29 is 9.53 Å². The van der Waals surface area contributed by atoms with Crippen LogP contribution in [0, 0.1) is 0 Å². The summed E-state index contributed by atoms with van der Waals surface area (Å²) in [6.07, 6.45) is 3.50. The molecule has 162 valence electrons. The number of benzene rings is 3. The quantitative estimate of drug-likeness (QED) is 0.308. The highest BCUT2D eigenvalue weighted by Crippen LogP contribution is 2.33. The number of nitrogens with zero attached hydrogens (tertiary/aromatic N) is 3. The minimum Gasteiger partial charge on any atom is -0.497 e. The molecule has 0 atom stereocenters. The SMILES string of the molecule is COc1ccc2nc(N(Cc3cccnc3)C(=O)c3ccc(-c4ccccc4)cc3)sc2c1. The van der Waals surface area contributed by atoms with Crippen LogP contribution in [-0.2, 0) is 6.54 Å². The van der Waals surface area contributed by atoms with Crippen LogP contribution in [0.2, 0.25) is 0 Å². The van der Waals surface area contributed by atoms with Crippen molar-refractivity contribution in [3.8, 4) is 16.9 Å². The number of fused-ring (bicyclic) bond motifs is 1. The van der Waals surface area contributed by atoms with E-state index in [-0.39, 0.29) is 5.91 Å². The van der Waals surface area contributed by atoms with Crippen LogP contribution in [-0.4, -0.2) is 23.0 Å². The first kappa shape index (κ1) is 20.8. The molecule has 5 nitrogen and oxygen atoms in total. The fourth-order valence-electron chi connectivity index (χ4n) is 3.63. The minimum absolute atomic E-state index is 0.107. The standard InChI is InChI=1S/C27H21N3O2S/c1-32-23-13-14-24-25(16-23)33-27(29-24)30(18-19-6-5-15-28-17-19)26(31)22-11-9-21(10-12-22)20-7-3-2-4-8-20/h2-17H,18H2,1H3. The lowest BCUT2D eigenvalue weighted by atomic mass is 10.0. The van der Waals surface area contributed by atoms with E-state index in [1.54, 1.807) is 24.4 Å². The smallest absolute Gasteiger partial charge is 0.260 e. The number of pyridine rings is 1. The predicted molar refractivity (Wildman–Crippen MR) is 133 cm³/mol. The van der Waals surface area contributed by atoms with Gasteiger partial charge in [-0.05, 0) is 53.1 Å². The normalized spacial score (nSPS) is 10.8. The van der Waals surface area contributed by atoms with E-state index in [4.69, 9.17) is 9.72 Å². The van der Waals surface area contributed by atoms with E-state index in [2.05, 4.69) is 17.1 Å². The van der Waals surface area contributed by atoms with Crippen LogP contribution in [0.3, 0.4) is 0 Å². The van der Waals surface area contributed by atoms with Crippen molar-refractivity contribution in [2.75, 3.05) is 12.0 Å². The van der Waals surface area contributed by atoms with Gasteiger partial charge >= 0.3 is 0 Å². The minimum atomic E-state index is -0.107. The zero-order valence-electron chi connectivity index (χ0n) is 18.0. The number of carbonyl (C=O) groups excluding carboxylic acids is 1. The van der Waals surface area contributed by atoms with Gasteiger partial charge in [0.25, 0.3) is 5.91 Å². The fourth-order valence-corrected chi connectivity index (χ4v) is 4.62. The maximum atomic E-state index is 13.6. The van der Waals surface area contributed by atoms with Gasteiger partial charge in [-0.2, -0.15) is 0 Å².